The number of nitrogen functional groups attached to an aromatic ring is 1. The van der Waals surface area contributed by atoms with Crippen LogP contribution in [0.25, 0.3) is 0 Å². The molecule has 1 aromatic carbocycles. The third-order valence-electron chi connectivity index (χ3n) is 3.45. The predicted molar refractivity (Wildman–Crippen MR) is 76.3 cm³/mol. The number of benzene rings is 1. The highest BCUT2D eigenvalue weighted by Gasteiger charge is 2.19. The maximum absolute atomic E-state index is 13.5. The Hall–Kier alpha value is -1.58. The standard InChI is InChI=1S/C15H23FN2O/c1-9(2)13(10(3)4)8-18-15(19)12-7-11(17)5-6-14(12)16/h5-7,9-10,13H,8,17H2,1-4H3,(H,18,19). The Balaban J connectivity index is 2.72. The quantitative estimate of drug-likeness (QED) is 0.805. The van der Waals surface area contributed by atoms with Crippen molar-refractivity contribution >= 4 is 11.6 Å². The lowest BCUT2D eigenvalue weighted by molar-refractivity contribution is 0.0933. The molecular weight excluding hydrogens is 243 g/mol. The van der Waals surface area contributed by atoms with Crippen molar-refractivity contribution in [2.45, 2.75) is 27.7 Å². The van der Waals surface area contributed by atoms with Gasteiger partial charge in [-0.15, -0.1) is 0 Å². The fourth-order valence-electron chi connectivity index (χ4n) is 2.26. The first-order valence-corrected chi connectivity index (χ1v) is 6.66. The molecule has 1 aromatic rings. The van der Waals surface area contributed by atoms with Gasteiger partial charge in [0, 0.05) is 12.2 Å². The second-order valence-electron chi connectivity index (χ2n) is 5.60. The van der Waals surface area contributed by atoms with Crippen molar-refractivity contribution in [2.75, 3.05) is 12.3 Å². The van der Waals surface area contributed by atoms with Crippen LogP contribution in [0.2, 0.25) is 0 Å². The third kappa shape index (κ3) is 4.23. The minimum atomic E-state index is -0.544. The molecule has 0 aromatic heterocycles. The molecule has 0 heterocycles. The molecule has 19 heavy (non-hydrogen) atoms. The molecule has 1 amide bonds. The molecule has 0 saturated carbocycles. The van der Waals surface area contributed by atoms with Gasteiger partial charge in [-0.1, -0.05) is 27.7 Å². The summed E-state index contributed by atoms with van der Waals surface area (Å²) in [6.45, 7) is 9.04. The molecule has 0 fully saturated rings. The van der Waals surface area contributed by atoms with E-state index in [2.05, 4.69) is 33.0 Å². The summed E-state index contributed by atoms with van der Waals surface area (Å²) in [6, 6.07) is 4.02. The highest BCUT2D eigenvalue weighted by molar-refractivity contribution is 5.95. The number of hydrogen-bond acceptors (Lipinski definition) is 2. The summed E-state index contributed by atoms with van der Waals surface area (Å²) in [5.41, 5.74) is 5.96. The van der Waals surface area contributed by atoms with Gasteiger partial charge < -0.3 is 11.1 Å². The average Bonchev–Trinajstić information content (AvgIpc) is 2.31. The van der Waals surface area contributed by atoms with Crippen LogP contribution >= 0.6 is 0 Å². The van der Waals surface area contributed by atoms with E-state index in [1.165, 1.54) is 18.2 Å². The van der Waals surface area contributed by atoms with Gasteiger partial charge in [0.15, 0.2) is 0 Å². The van der Waals surface area contributed by atoms with Gasteiger partial charge in [0.1, 0.15) is 5.82 Å². The Kier molecular flexibility index (Phi) is 5.33. The summed E-state index contributed by atoms with van der Waals surface area (Å²) in [5.74, 6) is 0.346. The number of anilines is 1. The fraction of sp³-hybridized carbons (Fsp3) is 0.533. The lowest BCUT2D eigenvalue weighted by Gasteiger charge is -2.25. The Morgan fingerprint density at radius 1 is 1.26 bits per heavy atom. The van der Waals surface area contributed by atoms with Crippen LogP contribution in [-0.4, -0.2) is 12.5 Å². The zero-order valence-electron chi connectivity index (χ0n) is 12.0. The molecule has 0 unspecified atom stereocenters. The zero-order chi connectivity index (χ0) is 14.6. The van der Waals surface area contributed by atoms with Crippen LogP contribution in [0, 0.1) is 23.6 Å². The van der Waals surface area contributed by atoms with Crippen LogP contribution in [-0.2, 0) is 0 Å². The largest absolute Gasteiger partial charge is 0.399 e. The Labute approximate surface area is 114 Å². The highest BCUT2D eigenvalue weighted by Crippen LogP contribution is 2.20. The lowest BCUT2D eigenvalue weighted by Crippen LogP contribution is -2.34. The average molecular weight is 266 g/mol. The second-order valence-corrected chi connectivity index (χ2v) is 5.60. The van der Waals surface area contributed by atoms with E-state index >= 15 is 0 Å². The Bertz CT molecular complexity index is 436. The van der Waals surface area contributed by atoms with Crippen molar-refractivity contribution in [1.82, 2.24) is 5.32 Å². The number of nitrogens with two attached hydrogens (primary N) is 1. The van der Waals surface area contributed by atoms with Crippen molar-refractivity contribution in [3.05, 3.63) is 29.6 Å². The molecule has 1 rings (SSSR count). The van der Waals surface area contributed by atoms with Crippen molar-refractivity contribution in [3.63, 3.8) is 0 Å². The Morgan fingerprint density at radius 3 is 2.37 bits per heavy atom. The van der Waals surface area contributed by atoms with Crippen LogP contribution in [0.5, 0.6) is 0 Å². The highest BCUT2D eigenvalue weighted by atomic mass is 19.1. The monoisotopic (exact) mass is 266 g/mol. The van der Waals surface area contributed by atoms with Crippen LogP contribution in [0.15, 0.2) is 18.2 Å². The molecule has 0 aliphatic rings. The first-order valence-electron chi connectivity index (χ1n) is 6.66. The van der Waals surface area contributed by atoms with Crippen molar-refractivity contribution in [1.29, 1.82) is 0 Å². The van der Waals surface area contributed by atoms with Crippen molar-refractivity contribution < 1.29 is 9.18 Å². The van der Waals surface area contributed by atoms with Gasteiger partial charge in [0.25, 0.3) is 5.91 Å². The van der Waals surface area contributed by atoms with Gasteiger partial charge in [-0.05, 0) is 36.0 Å². The van der Waals surface area contributed by atoms with E-state index < -0.39 is 11.7 Å². The summed E-state index contributed by atoms with van der Waals surface area (Å²) in [6.07, 6.45) is 0. The van der Waals surface area contributed by atoms with Gasteiger partial charge in [0.2, 0.25) is 0 Å². The number of halogens is 1. The van der Waals surface area contributed by atoms with E-state index in [0.717, 1.165) is 0 Å². The van der Waals surface area contributed by atoms with Crippen LogP contribution in [0.1, 0.15) is 38.1 Å². The van der Waals surface area contributed by atoms with Crippen LogP contribution < -0.4 is 11.1 Å². The van der Waals surface area contributed by atoms with Gasteiger partial charge >= 0.3 is 0 Å². The van der Waals surface area contributed by atoms with Gasteiger partial charge in [0.05, 0.1) is 5.56 Å². The molecular formula is C15H23FN2O. The van der Waals surface area contributed by atoms with E-state index in [1.807, 2.05) is 0 Å². The van der Waals surface area contributed by atoms with Crippen LogP contribution in [0.4, 0.5) is 10.1 Å². The smallest absolute Gasteiger partial charge is 0.254 e. The van der Waals surface area contributed by atoms with Gasteiger partial charge in [-0.25, -0.2) is 4.39 Å². The minimum Gasteiger partial charge on any atom is -0.399 e. The first-order chi connectivity index (χ1) is 8.82. The zero-order valence-corrected chi connectivity index (χ0v) is 12.0. The van der Waals surface area contributed by atoms with Gasteiger partial charge in [-0.3, -0.25) is 4.79 Å². The lowest BCUT2D eigenvalue weighted by atomic mass is 9.85. The van der Waals surface area contributed by atoms with E-state index in [1.54, 1.807) is 0 Å². The molecule has 0 radical (unpaired) electrons. The number of rotatable bonds is 5. The van der Waals surface area contributed by atoms with E-state index in [4.69, 9.17) is 5.73 Å². The summed E-state index contributed by atoms with van der Waals surface area (Å²) in [7, 11) is 0. The number of amides is 1. The molecule has 3 nitrogen and oxygen atoms in total. The van der Waals surface area contributed by atoms with E-state index in [-0.39, 0.29) is 5.56 Å². The SMILES string of the molecule is CC(C)C(CNC(=O)c1cc(N)ccc1F)C(C)C. The fourth-order valence-corrected chi connectivity index (χ4v) is 2.26. The van der Waals surface area contributed by atoms with Gasteiger partial charge in [-0.2, -0.15) is 0 Å². The number of carbonyl (C=O) groups excluding carboxylic acids is 1. The molecule has 3 N–H and O–H groups in total. The topological polar surface area (TPSA) is 55.1 Å². The number of carbonyl (C=O) groups is 1. The molecule has 0 bridgehead atoms. The maximum Gasteiger partial charge on any atom is 0.254 e. The number of nitrogens with one attached hydrogen (secondary N) is 1. The van der Waals surface area contributed by atoms with E-state index in [9.17, 15) is 9.18 Å². The Morgan fingerprint density at radius 2 is 1.84 bits per heavy atom. The van der Waals surface area contributed by atoms with E-state index in [0.29, 0.717) is 30.0 Å². The molecule has 0 spiro atoms. The van der Waals surface area contributed by atoms with Crippen molar-refractivity contribution in [3.8, 4) is 0 Å². The molecule has 4 heteroatoms. The minimum absolute atomic E-state index is 0.00580. The normalized spacial score (nSPS) is 11.4. The molecule has 0 aliphatic heterocycles. The summed E-state index contributed by atoms with van der Waals surface area (Å²) in [4.78, 5) is 12.0. The summed E-state index contributed by atoms with van der Waals surface area (Å²) in [5, 5.41) is 2.80. The maximum atomic E-state index is 13.5. The van der Waals surface area contributed by atoms with Crippen molar-refractivity contribution in [2.24, 2.45) is 17.8 Å². The molecule has 0 atom stereocenters. The molecule has 0 saturated heterocycles. The third-order valence-corrected chi connectivity index (χ3v) is 3.45. The predicted octanol–water partition coefficient (Wildman–Crippen LogP) is 3.07. The second kappa shape index (κ2) is 6.55. The summed E-state index contributed by atoms with van der Waals surface area (Å²) < 4.78 is 13.5. The van der Waals surface area contributed by atoms with Crippen LogP contribution in [0.3, 0.4) is 0 Å². The molecule has 106 valence electrons. The summed E-state index contributed by atoms with van der Waals surface area (Å²) >= 11 is 0. The number of hydrogen-bond donors (Lipinski definition) is 2. The molecule has 0 aliphatic carbocycles. The first kappa shape index (κ1) is 15.5.